The van der Waals surface area contributed by atoms with Gasteiger partial charge in [0.2, 0.25) is 0 Å². The van der Waals surface area contributed by atoms with Gasteiger partial charge in [0.1, 0.15) is 0 Å². The van der Waals surface area contributed by atoms with E-state index in [4.69, 9.17) is 0 Å². The molecule has 0 saturated heterocycles. The molecule has 0 bridgehead atoms. The molecule has 4 heteroatoms. The number of likely N-dealkylation sites (N-methyl/N-ethyl adjacent to an activating group) is 1. The summed E-state index contributed by atoms with van der Waals surface area (Å²) < 4.78 is 1.35. The van der Waals surface area contributed by atoms with Gasteiger partial charge in [0.15, 0.2) is 0 Å². The monoisotopic (exact) mass is 297 g/mol. The fourth-order valence-corrected chi connectivity index (χ4v) is 3.68. The molecule has 21 heavy (non-hydrogen) atoms. The Morgan fingerprint density at radius 3 is 2.81 bits per heavy atom. The van der Waals surface area contributed by atoms with Crippen molar-refractivity contribution in [2.45, 2.75) is 26.3 Å². The minimum absolute atomic E-state index is 0.261. The van der Waals surface area contributed by atoms with Crippen LogP contribution in [0.4, 0.5) is 0 Å². The average Bonchev–Trinajstić information content (AvgIpc) is 2.91. The van der Waals surface area contributed by atoms with E-state index in [1.165, 1.54) is 21.2 Å². The van der Waals surface area contributed by atoms with Crippen molar-refractivity contribution in [3.63, 3.8) is 0 Å². The lowest BCUT2D eigenvalue weighted by Crippen LogP contribution is -2.20. The Balaban J connectivity index is 1.96. The van der Waals surface area contributed by atoms with Gasteiger partial charge in [-0.1, -0.05) is 18.2 Å². The lowest BCUT2D eigenvalue weighted by atomic mass is 9.97. The van der Waals surface area contributed by atoms with Crippen LogP contribution in [0.15, 0.2) is 35.7 Å². The van der Waals surface area contributed by atoms with Crippen molar-refractivity contribution in [3.05, 3.63) is 58.2 Å². The van der Waals surface area contributed by atoms with E-state index in [9.17, 15) is 0 Å². The summed E-state index contributed by atoms with van der Waals surface area (Å²) in [5, 5.41) is 15.4. The van der Waals surface area contributed by atoms with Gasteiger partial charge in [-0.3, -0.25) is 0 Å². The molecular weight excluding hydrogens is 278 g/mol. The highest BCUT2D eigenvalue weighted by Gasteiger charge is 2.16. The van der Waals surface area contributed by atoms with Crippen LogP contribution in [-0.2, 0) is 6.42 Å². The summed E-state index contributed by atoms with van der Waals surface area (Å²) in [6.45, 7) is 4.01. The van der Waals surface area contributed by atoms with Crippen molar-refractivity contribution in [3.8, 4) is 0 Å². The molecule has 1 aromatic carbocycles. The van der Waals surface area contributed by atoms with Crippen molar-refractivity contribution in [1.82, 2.24) is 15.5 Å². The summed E-state index contributed by atoms with van der Waals surface area (Å²) in [5.41, 5.74) is 4.59. The van der Waals surface area contributed by atoms with Crippen LogP contribution in [0.2, 0.25) is 0 Å². The van der Waals surface area contributed by atoms with E-state index >= 15 is 0 Å². The van der Waals surface area contributed by atoms with Crippen molar-refractivity contribution in [1.29, 1.82) is 0 Å². The van der Waals surface area contributed by atoms with Crippen molar-refractivity contribution >= 4 is 21.4 Å². The lowest BCUT2D eigenvalue weighted by Gasteiger charge is -2.18. The SMILES string of the molecule is CNC(Cc1csc2ccccc12)c1cc(C)nnc1C. The normalized spacial score (nSPS) is 12.7. The number of nitrogens with one attached hydrogen (secondary N) is 1. The smallest absolute Gasteiger partial charge is 0.0648 e. The standard InChI is InChI=1S/C17H19N3S/c1-11-8-15(12(2)20-19-11)16(18-3)9-13-10-21-17-7-5-4-6-14(13)17/h4-8,10,16,18H,9H2,1-3H3. The van der Waals surface area contributed by atoms with Gasteiger partial charge in [-0.05, 0) is 61.3 Å². The molecule has 0 aliphatic heterocycles. The third-order valence-corrected chi connectivity index (χ3v) is 4.86. The quantitative estimate of drug-likeness (QED) is 0.795. The van der Waals surface area contributed by atoms with Gasteiger partial charge in [-0.2, -0.15) is 10.2 Å². The third-order valence-electron chi connectivity index (χ3n) is 3.85. The predicted octanol–water partition coefficient (Wildman–Crippen LogP) is 3.81. The van der Waals surface area contributed by atoms with Gasteiger partial charge in [-0.25, -0.2) is 0 Å². The van der Waals surface area contributed by atoms with Crippen molar-refractivity contribution in [2.75, 3.05) is 7.05 Å². The molecule has 3 aromatic rings. The molecule has 0 aliphatic carbocycles. The molecular formula is C17H19N3S. The first kappa shape index (κ1) is 14.2. The molecule has 3 nitrogen and oxygen atoms in total. The minimum Gasteiger partial charge on any atom is -0.313 e. The topological polar surface area (TPSA) is 37.8 Å². The number of hydrogen-bond donors (Lipinski definition) is 1. The average molecular weight is 297 g/mol. The lowest BCUT2D eigenvalue weighted by molar-refractivity contribution is 0.584. The van der Waals surface area contributed by atoms with Crippen LogP contribution < -0.4 is 5.32 Å². The highest BCUT2D eigenvalue weighted by Crippen LogP contribution is 2.30. The van der Waals surface area contributed by atoms with E-state index in [0.717, 1.165) is 17.8 Å². The molecule has 2 aromatic heterocycles. The van der Waals surface area contributed by atoms with Crippen LogP contribution in [0.3, 0.4) is 0 Å². The van der Waals surface area contributed by atoms with Gasteiger partial charge in [0.25, 0.3) is 0 Å². The zero-order valence-corrected chi connectivity index (χ0v) is 13.4. The molecule has 1 unspecified atom stereocenters. The minimum atomic E-state index is 0.261. The maximum atomic E-state index is 4.25. The number of hydrogen-bond acceptors (Lipinski definition) is 4. The fourth-order valence-electron chi connectivity index (χ4n) is 2.70. The van der Waals surface area contributed by atoms with E-state index in [1.54, 1.807) is 0 Å². The summed E-state index contributed by atoms with van der Waals surface area (Å²) in [7, 11) is 2.01. The zero-order valence-electron chi connectivity index (χ0n) is 12.6. The Morgan fingerprint density at radius 2 is 2.00 bits per heavy atom. The summed E-state index contributed by atoms with van der Waals surface area (Å²) in [4.78, 5) is 0. The molecule has 0 amide bonds. The van der Waals surface area contributed by atoms with Crippen LogP contribution >= 0.6 is 11.3 Å². The first-order valence-electron chi connectivity index (χ1n) is 7.12. The summed E-state index contributed by atoms with van der Waals surface area (Å²) >= 11 is 1.81. The van der Waals surface area contributed by atoms with Crippen LogP contribution in [0.5, 0.6) is 0 Å². The number of rotatable bonds is 4. The first-order chi connectivity index (χ1) is 10.2. The Kier molecular flexibility index (Phi) is 3.99. The van der Waals surface area contributed by atoms with E-state index in [2.05, 4.69) is 51.2 Å². The van der Waals surface area contributed by atoms with Crippen LogP contribution in [-0.4, -0.2) is 17.2 Å². The second-order valence-electron chi connectivity index (χ2n) is 5.33. The van der Waals surface area contributed by atoms with Gasteiger partial charge >= 0.3 is 0 Å². The number of benzene rings is 1. The van der Waals surface area contributed by atoms with E-state index in [0.29, 0.717) is 0 Å². The van der Waals surface area contributed by atoms with E-state index in [-0.39, 0.29) is 6.04 Å². The molecule has 0 spiro atoms. The van der Waals surface area contributed by atoms with Crippen molar-refractivity contribution < 1.29 is 0 Å². The maximum absolute atomic E-state index is 4.25. The number of aromatic nitrogens is 2. The molecule has 2 heterocycles. The van der Waals surface area contributed by atoms with Gasteiger partial charge in [0, 0.05) is 10.7 Å². The maximum Gasteiger partial charge on any atom is 0.0648 e. The number of nitrogens with zero attached hydrogens (tertiary/aromatic N) is 2. The van der Waals surface area contributed by atoms with Crippen LogP contribution in [0.25, 0.3) is 10.1 Å². The van der Waals surface area contributed by atoms with Gasteiger partial charge < -0.3 is 5.32 Å². The molecule has 0 fully saturated rings. The second-order valence-corrected chi connectivity index (χ2v) is 6.24. The zero-order chi connectivity index (χ0) is 14.8. The Labute approximate surface area is 129 Å². The number of fused-ring (bicyclic) bond motifs is 1. The summed E-state index contributed by atoms with van der Waals surface area (Å²) in [6.07, 6.45) is 0.965. The molecule has 1 atom stereocenters. The molecule has 0 aliphatic rings. The summed E-state index contributed by atoms with van der Waals surface area (Å²) in [5.74, 6) is 0. The number of thiophene rings is 1. The van der Waals surface area contributed by atoms with Crippen molar-refractivity contribution in [2.24, 2.45) is 0 Å². The van der Waals surface area contributed by atoms with Crippen LogP contribution in [0.1, 0.15) is 28.6 Å². The van der Waals surface area contributed by atoms with Gasteiger partial charge in [0.05, 0.1) is 11.4 Å². The Morgan fingerprint density at radius 1 is 1.19 bits per heavy atom. The fraction of sp³-hybridized carbons (Fsp3) is 0.294. The first-order valence-corrected chi connectivity index (χ1v) is 8.00. The van der Waals surface area contributed by atoms with Gasteiger partial charge in [-0.15, -0.1) is 11.3 Å². The largest absolute Gasteiger partial charge is 0.313 e. The molecule has 1 N–H and O–H groups in total. The predicted molar refractivity (Wildman–Crippen MR) is 88.8 cm³/mol. The Hall–Kier alpha value is -1.78. The molecule has 0 saturated carbocycles. The highest BCUT2D eigenvalue weighted by molar-refractivity contribution is 7.17. The highest BCUT2D eigenvalue weighted by atomic mass is 32.1. The Bertz CT molecular complexity index is 764. The molecule has 108 valence electrons. The molecule has 3 rings (SSSR count). The second kappa shape index (κ2) is 5.92. The number of aryl methyl sites for hydroxylation is 2. The van der Waals surface area contributed by atoms with E-state index in [1.807, 2.05) is 32.2 Å². The third kappa shape index (κ3) is 2.82. The molecule has 0 radical (unpaired) electrons. The summed E-state index contributed by atoms with van der Waals surface area (Å²) in [6, 6.07) is 11.0. The van der Waals surface area contributed by atoms with E-state index < -0.39 is 0 Å². The van der Waals surface area contributed by atoms with Crippen LogP contribution in [0, 0.1) is 13.8 Å².